The van der Waals surface area contributed by atoms with E-state index in [9.17, 15) is 15.2 Å². The van der Waals surface area contributed by atoms with Crippen molar-refractivity contribution in [2.45, 2.75) is 25.7 Å². The summed E-state index contributed by atoms with van der Waals surface area (Å²) in [6.07, 6.45) is 3.84. The number of nitrogens with zero attached hydrogens (tertiary/aromatic N) is 4. The van der Waals surface area contributed by atoms with E-state index in [2.05, 4.69) is 21.7 Å². The maximum absolute atomic E-state index is 11.2. The fourth-order valence-corrected chi connectivity index (χ4v) is 4.12. The van der Waals surface area contributed by atoms with Crippen molar-refractivity contribution in [1.29, 1.82) is 0 Å². The highest BCUT2D eigenvalue weighted by Gasteiger charge is 2.22. The van der Waals surface area contributed by atoms with Crippen LogP contribution in [0.3, 0.4) is 0 Å². The number of aryl methyl sites for hydroxylation is 1. The molecule has 0 bridgehead atoms. The van der Waals surface area contributed by atoms with E-state index in [0.29, 0.717) is 5.92 Å². The highest BCUT2D eigenvalue weighted by Crippen LogP contribution is 2.30. The van der Waals surface area contributed by atoms with Crippen LogP contribution >= 0.6 is 0 Å². The third kappa shape index (κ3) is 5.40. The van der Waals surface area contributed by atoms with Gasteiger partial charge < -0.3 is 19.8 Å². The van der Waals surface area contributed by atoms with Gasteiger partial charge in [0.2, 0.25) is 0 Å². The predicted octanol–water partition coefficient (Wildman–Crippen LogP) is 1.98. The summed E-state index contributed by atoms with van der Waals surface area (Å²) >= 11 is 0. The van der Waals surface area contributed by atoms with Crippen molar-refractivity contribution in [3.05, 3.63) is 33.9 Å². The number of benzene rings is 1. The van der Waals surface area contributed by atoms with Crippen LogP contribution in [0.25, 0.3) is 0 Å². The second-order valence-electron chi connectivity index (χ2n) is 7.93. The van der Waals surface area contributed by atoms with E-state index in [1.807, 2.05) is 6.07 Å². The lowest BCUT2D eigenvalue weighted by atomic mass is 9.96. The van der Waals surface area contributed by atoms with E-state index in [0.717, 1.165) is 82.7 Å². The summed E-state index contributed by atoms with van der Waals surface area (Å²) < 4.78 is 0. The Balaban J connectivity index is 1.64. The zero-order valence-electron chi connectivity index (χ0n) is 16.3. The first-order valence-electron chi connectivity index (χ1n) is 10.1. The molecule has 0 amide bonds. The van der Waals surface area contributed by atoms with E-state index in [1.54, 1.807) is 12.1 Å². The predicted molar refractivity (Wildman–Crippen MR) is 107 cm³/mol. The molecule has 3 rings (SSSR count). The Labute approximate surface area is 161 Å². The van der Waals surface area contributed by atoms with Gasteiger partial charge in [-0.15, -0.1) is 0 Å². The number of aliphatic hydroxyl groups is 1. The number of hydrogen-bond acceptors (Lipinski definition) is 6. The largest absolute Gasteiger partial charge is 0.396 e. The number of likely N-dealkylation sites (N-methyl/N-ethyl adjacent to an activating group) is 1. The highest BCUT2D eigenvalue weighted by atomic mass is 16.6. The normalized spacial score (nSPS) is 20.1. The second-order valence-corrected chi connectivity index (χ2v) is 7.93. The zero-order chi connectivity index (χ0) is 19.2. The number of rotatable bonds is 7. The third-order valence-corrected chi connectivity index (χ3v) is 6.00. The van der Waals surface area contributed by atoms with Gasteiger partial charge >= 0.3 is 0 Å². The summed E-state index contributed by atoms with van der Waals surface area (Å²) in [6.45, 7) is 7.56. The van der Waals surface area contributed by atoms with Crippen molar-refractivity contribution in [2.75, 3.05) is 64.4 Å². The van der Waals surface area contributed by atoms with Gasteiger partial charge in [0.25, 0.3) is 5.69 Å². The fourth-order valence-electron chi connectivity index (χ4n) is 4.12. The van der Waals surface area contributed by atoms with Crippen LogP contribution in [0.15, 0.2) is 18.2 Å². The molecule has 7 nitrogen and oxygen atoms in total. The van der Waals surface area contributed by atoms with Gasteiger partial charge in [0.1, 0.15) is 0 Å². The Hall–Kier alpha value is -1.70. The fraction of sp³-hybridized carbons (Fsp3) is 0.700. The molecule has 0 aliphatic carbocycles. The van der Waals surface area contributed by atoms with Gasteiger partial charge in [-0.05, 0) is 56.8 Å². The molecule has 7 heteroatoms. The van der Waals surface area contributed by atoms with Crippen molar-refractivity contribution in [1.82, 2.24) is 9.80 Å². The second kappa shape index (κ2) is 9.48. The van der Waals surface area contributed by atoms with Gasteiger partial charge in [0.15, 0.2) is 0 Å². The monoisotopic (exact) mass is 376 g/mol. The first-order valence-corrected chi connectivity index (χ1v) is 10.1. The van der Waals surface area contributed by atoms with Gasteiger partial charge in [-0.1, -0.05) is 0 Å². The number of nitro benzene ring substituents is 1. The van der Waals surface area contributed by atoms with Crippen LogP contribution in [-0.4, -0.2) is 79.3 Å². The van der Waals surface area contributed by atoms with E-state index in [4.69, 9.17) is 0 Å². The van der Waals surface area contributed by atoms with Gasteiger partial charge in [0, 0.05) is 63.7 Å². The number of non-ortho nitro benzene ring substituents is 1. The minimum Gasteiger partial charge on any atom is -0.396 e. The van der Waals surface area contributed by atoms with Crippen molar-refractivity contribution >= 4 is 11.4 Å². The van der Waals surface area contributed by atoms with E-state index in [-0.39, 0.29) is 17.2 Å². The SMILES string of the molecule is CN1CCN(CCCc2cc([N+](=O)[O-])ccc2N2CCC(CO)CC2)CC1. The number of anilines is 1. The quantitative estimate of drug-likeness (QED) is 0.579. The third-order valence-electron chi connectivity index (χ3n) is 6.00. The lowest BCUT2D eigenvalue weighted by Crippen LogP contribution is -2.44. The summed E-state index contributed by atoms with van der Waals surface area (Å²) in [5.41, 5.74) is 2.40. The molecular weight excluding hydrogens is 344 g/mol. The molecule has 2 saturated heterocycles. The molecule has 2 aliphatic heterocycles. The maximum atomic E-state index is 11.2. The minimum atomic E-state index is -0.300. The standard InChI is InChI=1S/C20H32N4O3/c1-21-11-13-22(14-12-21)8-2-3-18-15-19(24(26)27)4-5-20(18)23-9-6-17(16-25)7-10-23/h4-5,15,17,25H,2-3,6-14,16H2,1H3. The Morgan fingerprint density at radius 1 is 1.15 bits per heavy atom. The molecule has 0 saturated carbocycles. The van der Waals surface area contributed by atoms with Crippen molar-refractivity contribution in [3.63, 3.8) is 0 Å². The molecular formula is C20H32N4O3. The molecule has 1 N–H and O–H groups in total. The zero-order valence-corrected chi connectivity index (χ0v) is 16.3. The number of nitro groups is 1. The summed E-state index contributed by atoms with van der Waals surface area (Å²) in [5, 5.41) is 20.6. The minimum absolute atomic E-state index is 0.179. The lowest BCUT2D eigenvalue weighted by Gasteiger charge is -2.34. The Morgan fingerprint density at radius 2 is 1.85 bits per heavy atom. The lowest BCUT2D eigenvalue weighted by molar-refractivity contribution is -0.384. The van der Waals surface area contributed by atoms with E-state index in [1.165, 1.54) is 0 Å². The molecule has 0 atom stereocenters. The average Bonchev–Trinajstić information content (AvgIpc) is 2.69. The van der Waals surface area contributed by atoms with Crippen molar-refractivity contribution < 1.29 is 10.0 Å². The molecule has 0 unspecified atom stereocenters. The van der Waals surface area contributed by atoms with Crippen LogP contribution < -0.4 is 4.90 Å². The average molecular weight is 377 g/mol. The summed E-state index contributed by atoms with van der Waals surface area (Å²) in [7, 11) is 2.16. The molecule has 27 heavy (non-hydrogen) atoms. The topological polar surface area (TPSA) is 73.1 Å². The van der Waals surface area contributed by atoms with E-state index < -0.39 is 0 Å². The molecule has 0 radical (unpaired) electrons. The molecule has 1 aromatic rings. The molecule has 2 heterocycles. The van der Waals surface area contributed by atoms with Crippen molar-refractivity contribution in [2.24, 2.45) is 5.92 Å². The van der Waals surface area contributed by atoms with Crippen LogP contribution in [0.4, 0.5) is 11.4 Å². The smallest absolute Gasteiger partial charge is 0.269 e. The van der Waals surface area contributed by atoms with Crippen LogP contribution in [0.5, 0.6) is 0 Å². The van der Waals surface area contributed by atoms with Gasteiger partial charge in [-0.2, -0.15) is 0 Å². The van der Waals surface area contributed by atoms with Crippen LogP contribution in [0.2, 0.25) is 0 Å². The van der Waals surface area contributed by atoms with Crippen LogP contribution in [-0.2, 0) is 6.42 Å². The molecule has 0 aromatic heterocycles. The summed E-state index contributed by atoms with van der Waals surface area (Å²) in [6, 6.07) is 5.30. The Morgan fingerprint density at radius 3 is 2.48 bits per heavy atom. The Kier molecular flexibility index (Phi) is 7.04. The summed E-state index contributed by atoms with van der Waals surface area (Å²) in [5.74, 6) is 0.389. The van der Waals surface area contributed by atoms with Gasteiger partial charge in [0.05, 0.1) is 4.92 Å². The van der Waals surface area contributed by atoms with Crippen LogP contribution in [0.1, 0.15) is 24.8 Å². The number of piperazine rings is 1. The number of hydrogen-bond donors (Lipinski definition) is 1. The first-order chi connectivity index (χ1) is 13.1. The Bertz CT molecular complexity index is 624. The highest BCUT2D eigenvalue weighted by molar-refractivity contribution is 5.58. The number of aliphatic hydroxyl groups excluding tert-OH is 1. The molecule has 0 spiro atoms. The van der Waals surface area contributed by atoms with Gasteiger partial charge in [-0.25, -0.2) is 0 Å². The molecule has 1 aromatic carbocycles. The molecule has 150 valence electrons. The number of piperidine rings is 1. The van der Waals surface area contributed by atoms with Crippen molar-refractivity contribution in [3.8, 4) is 0 Å². The molecule has 2 fully saturated rings. The summed E-state index contributed by atoms with van der Waals surface area (Å²) in [4.78, 5) is 18.1. The van der Waals surface area contributed by atoms with Crippen LogP contribution in [0, 0.1) is 16.0 Å². The first kappa shape index (κ1) is 20.0. The van der Waals surface area contributed by atoms with E-state index >= 15 is 0 Å². The van der Waals surface area contributed by atoms with Gasteiger partial charge in [-0.3, -0.25) is 10.1 Å². The maximum Gasteiger partial charge on any atom is 0.269 e. The molecule has 2 aliphatic rings.